The summed E-state index contributed by atoms with van der Waals surface area (Å²) in [5.41, 5.74) is 0.376. The van der Waals surface area contributed by atoms with Crippen LogP contribution in [0, 0.1) is 17.5 Å². The Morgan fingerprint density at radius 1 is 1.17 bits per heavy atom. The smallest absolute Gasteiger partial charge is 0.279 e. The maximum Gasteiger partial charge on any atom is 0.279 e. The second kappa shape index (κ2) is 7.61. The largest absolute Gasteiger partial charge is 0.332 e. The van der Waals surface area contributed by atoms with Gasteiger partial charge in [-0.1, -0.05) is 15.9 Å². The number of rotatable bonds is 5. The van der Waals surface area contributed by atoms with E-state index >= 15 is 0 Å². The van der Waals surface area contributed by atoms with Crippen LogP contribution in [0.5, 0.6) is 0 Å². The lowest BCUT2D eigenvalue weighted by molar-refractivity contribution is -0.682. The number of anilines is 1. The van der Waals surface area contributed by atoms with Crippen LogP contribution in [0.2, 0.25) is 0 Å². The van der Waals surface area contributed by atoms with Gasteiger partial charge in [-0.25, -0.2) is 13.2 Å². The minimum absolute atomic E-state index is 0.0204. The van der Waals surface area contributed by atoms with E-state index in [4.69, 9.17) is 0 Å². The zero-order chi connectivity index (χ0) is 17.0. The first-order valence-electron chi connectivity index (χ1n) is 6.90. The quantitative estimate of drug-likeness (QED) is 0.813. The zero-order valence-electron chi connectivity index (χ0n) is 12.2. The number of carbonyl (C=O) groups is 1. The highest BCUT2D eigenvalue weighted by Crippen LogP contribution is 2.19. The van der Waals surface area contributed by atoms with Gasteiger partial charge in [0, 0.05) is 16.1 Å². The van der Waals surface area contributed by atoms with Gasteiger partial charge in [0.2, 0.25) is 0 Å². The van der Waals surface area contributed by atoms with Gasteiger partial charge in [-0.15, -0.1) is 0 Å². The summed E-state index contributed by atoms with van der Waals surface area (Å²) in [6.07, 6.45) is 0. The summed E-state index contributed by atoms with van der Waals surface area (Å²) in [4.78, 5) is 11.8. The van der Waals surface area contributed by atoms with Crippen LogP contribution >= 0.6 is 15.9 Å². The Balaban J connectivity index is 1.93. The van der Waals surface area contributed by atoms with Crippen LogP contribution < -0.4 is 10.6 Å². The van der Waals surface area contributed by atoms with E-state index in [0.717, 1.165) is 6.07 Å². The summed E-state index contributed by atoms with van der Waals surface area (Å²) in [5, 5.41) is 4.03. The number of quaternary nitrogens is 1. The molecule has 2 aromatic rings. The van der Waals surface area contributed by atoms with Crippen LogP contribution in [-0.4, -0.2) is 12.5 Å². The maximum absolute atomic E-state index is 13.6. The van der Waals surface area contributed by atoms with E-state index in [9.17, 15) is 18.0 Å². The average Bonchev–Trinajstić information content (AvgIpc) is 2.48. The number of hydrogen-bond acceptors (Lipinski definition) is 1. The number of nitrogens with two attached hydrogens (primary N) is 1. The minimum atomic E-state index is -0.659. The Morgan fingerprint density at radius 2 is 1.91 bits per heavy atom. The number of hydrogen-bond donors (Lipinski definition) is 2. The third kappa shape index (κ3) is 4.80. The second-order valence-corrected chi connectivity index (χ2v) is 5.98. The molecule has 0 saturated heterocycles. The first-order chi connectivity index (χ1) is 10.9. The molecule has 1 atom stereocenters. The van der Waals surface area contributed by atoms with E-state index < -0.39 is 23.4 Å². The molecule has 7 heteroatoms. The zero-order valence-corrected chi connectivity index (χ0v) is 13.8. The standard InChI is InChI=1S/C16H14BrF3N2O/c1-9(12-4-3-11(18)7-13(12)19)21-8-16(23)22-15-5-2-10(17)6-14(15)20/h2-7,9,21H,8H2,1H3,(H,22,23)/p+1/t9-/m1/s1. The van der Waals surface area contributed by atoms with Crippen molar-refractivity contribution < 1.29 is 23.3 Å². The van der Waals surface area contributed by atoms with Gasteiger partial charge in [-0.3, -0.25) is 4.79 Å². The van der Waals surface area contributed by atoms with Crippen molar-refractivity contribution in [1.29, 1.82) is 0 Å². The summed E-state index contributed by atoms with van der Waals surface area (Å²) in [6.45, 7) is 1.68. The first-order valence-corrected chi connectivity index (χ1v) is 7.69. The minimum Gasteiger partial charge on any atom is -0.332 e. The topological polar surface area (TPSA) is 45.7 Å². The van der Waals surface area contributed by atoms with E-state index in [1.807, 2.05) is 0 Å². The van der Waals surface area contributed by atoms with Gasteiger partial charge >= 0.3 is 0 Å². The molecule has 0 unspecified atom stereocenters. The SMILES string of the molecule is C[C@@H]([NH2+]CC(=O)Nc1ccc(Br)cc1F)c1ccc(F)cc1F. The molecule has 3 nitrogen and oxygen atoms in total. The monoisotopic (exact) mass is 387 g/mol. The molecule has 2 aromatic carbocycles. The number of nitrogens with one attached hydrogen (secondary N) is 1. The molecule has 0 aliphatic rings. The van der Waals surface area contributed by atoms with Gasteiger partial charge in [0.15, 0.2) is 6.54 Å². The third-order valence-electron chi connectivity index (χ3n) is 3.32. The van der Waals surface area contributed by atoms with Gasteiger partial charge in [0.05, 0.1) is 5.69 Å². The molecule has 0 radical (unpaired) electrons. The fraction of sp³-hybridized carbons (Fsp3) is 0.188. The molecule has 0 saturated carbocycles. The van der Waals surface area contributed by atoms with E-state index in [1.54, 1.807) is 18.3 Å². The number of carbonyl (C=O) groups excluding carboxylic acids is 1. The summed E-state index contributed by atoms with van der Waals surface area (Å²) in [7, 11) is 0. The Hall–Kier alpha value is -1.86. The highest BCUT2D eigenvalue weighted by Gasteiger charge is 2.16. The molecule has 3 N–H and O–H groups in total. The van der Waals surface area contributed by atoms with Crippen molar-refractivity contribution in [2.75, 3.05) is 11.9 Å². The molecule has 0 aliphatic carbocycles. The van der Waals surface area contributed by atoms with Crippen LogP contribution in [-0.2, 0) is 4.79 Å². The summed E-state index contributed by atoms with van der Waals surface area (Å²) in [5.74, 6) is -2.28. The van der Waals surface area contributed by atoms with Gasteiger partial charge in [0.25, 0.3) is 5.91 Å². The van der Waals surface area contributed by atoms with Crippen molar-refractivity contribution in [3.63, 3.8) is 0 Å². The van der Waals surface area contributed by atoms with Gasteiger partial charge in [-0.2, -0.15) is 0 Å². The van der Waals surface area contributed by atoms with E-state index in [0.29, 0.717) is 10.0 Å². The third-order valence-corrected chi connectivity index (χ3v) is 3.81. The maximum atomic E-state index is 13.6. The molecule has 1 amide bonds. The molecule has 122 valence electrons. The summed E-state index contributed by atoms with van der Waals surface area (Å²) >= 11 is 3.13. The average molecular weight is 388 g/mol. The van der Waals surface area contributed by atoms with Crippen LogP contribution in [0.15, 0.2) is 40.9 Å². The molecule has 0 heterocycles. The molecular formula is C16H15BrF3N2O+. The second-order valence-electron chi connectivity index (χ2n) is 5.07. The van der Waals surface area contributed by atoms with Crippen LogP contribution in [0.1, 0.15) is 18.5 Å². The predicted molar refractivity (Wildman–Crippen MR) is 84.3 cm³/mol. The molecule has 0 bridgehead atoms. The lowest BCUT2D eigenvalue weighted by atomic mass is 10.1. The molecule has 0 fully saturated rings. The predicted octanol–water partition coefficient (Wildman–Crippen LogP) is 3.13. The van der Waals surface area contributed by atoms with E-state index in [-0.39, 0.29) is 18.3 Å². The fourth-order valence-electron chi connectivity index (χ4n) is 2.07. The summed E-state index contributed by atoms with van der Waals surface area (Å²) in [6, 6.07) is 7.24. The molecule has 0 aromatic heterocycles. The lowest BCUT2D eigenvalue weighted by Gasteiger charge is -2.12. The Bertz CT molecular complexity index is 724. The van der Waals surface area contributed by atoms with Crippen LogP contribution in [0.25, 0.3) is 0 Å². The van der Waals surface area contributed by atoms with E-state index in [1.165, 1.54) is 24.3 Å². The Morgan fingerprint density at radius 3 is 2.57 bits per heavy atom. The molecule has 0 aliphatic heterocycles. The number of benzene rings is 2. The Kier molecular flexibility index (Phi) is 5.79. The lowest BCUT2D eigenvalue weighted by Crippen LogP contribution is -2.86. The van der Waals surface area contributed by atoms with Gasteiger partial charge < -0.3 is 10.6 Å². The van der Waals surface area contributed by atoms with E-state index in [2.05, 4.69) is 21.2 Å². The van der Waals surface area contributed by atoms with Crippen LogP contribution in [0.3, 0.4) is 0 Å². The van der Waals surface area contributed by atoms with Crippen molar-refractivity contribution in [2.24, 2.45) is 0 Å². The van der Waals surface area contributed by atoms with Crippen LogP contribution in [0.4, 0.5) is 18.9 Å². The van der Waals surface area contributed by atoms with Crippen molar-refractivity contribution in [3.05, 3.63) is 63.9 Å². The first kappa shape index (κ1) is 17.5. The Labute approximate surface area is 140 Å². The molecule has 23 heavy (non-hydrogen) atoms. The van der Waals surface area contributed by atoms with Gasteiger partial charge in [0.1, 0.15) is 23.5 Å². The van der Waals surface area contributed by atoms with Crippen molar-refractivity contribution in [2.45, 2.75) is 13.0 Å². The molecule has 0 spiro atoms. The normalized spacial score (nSPS) is 12.0. The van der Waals surface area contributed by atoms with Crippen molar-refractivity contribution >= 4 is 27.5 Å². The highest BCUT2D eigenvalue weighted by molar-refractivity contribution is 9.10. The highest BCUT2D eigenvalue weighted by atomic mass is 79.9. The molecule has 2 rings (SSSR count). The van der Waals surface area contributed by atoms with Crippen molar-refractivity contribution in [1.82, 2.24) is 0 Å². The van der Waals surface area contributed by atoms with Crippen molar-refractivity contribution in [3.8, 4) is 0 Å². The summed E-state index contributed by atoms with van der Waals surface area (Å²) < 4.78 is 40.7. The fourth-order valence-corrected chi connectivity index (χ4v) is 2.41. The molecular weight excluding hydrogens is 373 g/mol. The van der Waals surface area contributed by atoms with Gasteiger partial charge in [-0.05, 0) is 37.3 Å². The number of amides is 1. The number of halogens is 4.